The maximum absolute atomic E-state index is 11.9. The number of carboxylic acid groups (broad SMARTS) is 1. The molecule has 0 bridgehead atoms. The van der Waals surface area contributed by atoms with Gasteiger partial charge in [0.1, 0.15) is 17.4 Å². The predicted molar refractivity (Wildman–Crippen MR) is 126 cm³/mol. The predicted octanol–water partition coefficient (Wildman–Crippen LogP) is 3.04. The summed E-state index contributed by atoms with van der Waals surface area (Å²) in [6.45, 7) is 4.41. The lowest BCUT2D eigenvalue weighted by Crippen LogP contribution is -2.37. The fourth-order valence-electron chi connectivity index (χ4n) is 4.27. The Bertz CT molecular complexity index is 1140. The van der Waals surface area contributed by atoms with Crippen LogP contribution in [0.5, 0.6) is 5.75 Å². The summed E-state index contributed by atoms with van der Waals surface area (Å²) in [5.74, 6) is 0.148. The molecule has 5 rings (SSSR count). The fraction of sp³-hybridized carbons (Fsp3) is 0.375. The summed E-state index contributed by atoms with van der Waals surface area (Å²) in [6, 6.07) is 11.1. The third kappa shape index (κ3) is 4.84. The van der Waals surface area contributed by atoms with Crippen molar-refractivity contribution in [3.05, 3.63) is 48.2 Å². The van der Waals surface area contributed by atoms with Crippen LogP contribution in [0.3, 0.4) is 0 Å². The van der Waals surface area contributed by atoms with Gasteiger partial charge in [-0.15, -0.1) is 0 Å². The molecule has 3 aromatic rings. The number of nitrogens with one attached hydrogen (secondary N) is 2. The van der Waals surface area contributed by atoms with Crippen molar-refractivity contribution in [2.45, 2.75) is 18.9 Å². The SMILES string of the molecule is O=C(O)c1cc(Nc2ncc3cccc(OC4CCNCC4)c3n2)ccc1N1CCOCC1. The molecule has 2 saturated heterocycles. The third-order valence-corrected chi connectivity index (χ3v) is 5.99. The molecule has 2 aliphatic heterocycles. The number of nitrogens with zero attached hydrogens (tertiary/aromatic N) is 3. The number of hydrogen-bond donors (Lipinski definition) is 3. The number of rotatable bonds is 6. The molecule has 0 unspecified atom stereocenters. The normalized spacial score (nSPS) is 17.2. The number of benzene rings is 2. The fourth-order valence-corrected chi connectivity index (χ4v) is 4.27. The van der Waals surface area contributed by atoms with Crippen molar-refractivity contribution in [3.63, 3.8) is 0 Å². The highest BCUT2D eigenvalue weighted by Crippen LogP contribution is 2.29. The number of fused-ring (bicyclic) bond motifs is 1. The lowest BCUT2D eigenvalue weighted by atomic mass is 10.1. The van der Waals surface area contributed by atoms with Crippen LogP contribution in [0.25, 0.3) is 10.9 Å². The van der Waals surface area contributed by atoms with Crippen LogP contribution in [0, 0.1) is 0 Å². The first-order valence-electron chi connectivity index (χ1n) is 11.3. The van der Waals surface area contributed by atoms with Gasteiger partial charge in [-0.2, -0.15) is 0 Å². The molecule has 172 valence electrons. The number of morpholine rings is 1. The number of aromatic nitrogens is 2. The molecule has 2 fully saturated rings. The lowest BCUT2D eigenvalue weighted by molar-refractivity contribution is 0.0696. The van der Waals surface area contributed by atoms with Gasteiger partial charge >= 0.3 is 5.97 Å². The minimum Gasteiger partial charge on any atom is -0.488 e. The Balaban J connectivity index is 1.40. The van der Waals surface area contributed by atoms with E-state index in [1.165, 1.54) is 0 Å². The maximum Gasteiger partial charge on any atom is 0.337 e. The van der Waals surface area contributed by atoms with Crippen LogP contribution in [-0.2, 0) is 4.74 Å². The number of piperidine rings is 1. The molecule has 3 heterocycles. The van der Waals surface area contributed by atoms with E-state index in [4.69, 9.17) is 9.47 Å². The Morgan fingerprint density at radius 3 is 2.79 bits per heavy atom. The van der Waals surface area contributed by atoms with Gasteiger partial charge in [0.2, 0.25) is 5.95 Å². The van der Waals surface area contributed by atoms with E-state index in [-0.39, 0.29) is 11.7 Å². The van der Waals surface area contributed by atoms with Crippen molar-refractivity contribution in [2.75, 3.05) is 49.6 Å². The molecule has 2 aromatic carbocycles. The molecule has 9 heteroatoms. The molecule has 0 saturated carbocycles. The van der Waals surface area contributed by atoms with Crippen LogP contribution in [0.4, 0.5) is 17.3 Å². The number of anilines is 3. The number of aromatic carboxylic acids is 1. The van der Waals surface area contributed by atoms with Crippen LogP contribution >= 0.6 is 0 Å². The monoisotopic (exact) mass is 449 g/mol. The van der Waals surface area contributed by atoms with E-state index in [0.717, 1.165) is 42.6 Å². The van der Waals surface area contributed by atoms with E-state index < -0.39 is 5.97 Å². The number of carboxylic acids is 1. The first kappa shape index (κ1) is 21.4. The van der Waals surface area contributed by atoms with Crippen molar-refractivity contribution < 1.29 is 19.4 Å². The largest absolute Gasteiger partial charge is 0.488 e. The van der Waals surface area contributed by atoms with Crippen LogP contribution < -0.4 is 20.3 Å². The summed E-state index contributed by atoms with van der Waals surface area (Å²) < 4.78 is 11.6. The second-order valence-electron chi connectivity index (χ2n) is 8.22. The second-order valence-corrected chi connectivity index (χ2v) is 8.22. The van der Waals surface area contributed by atoms with E-state index in [2.05, 4.69) is 20.6 Å². The van der Waals surface area contributed by atoms with Gasteiger partial charge in [0.05, 0.1) is 24.5 Å². The molecule has 2 aliphatic rings. The van der Waals surface area contributed by atoms with E-state index in [0.29, 0.717) is 43.6 Å². The molecule has 0 spiro atoms. The van der Waals surface area contributed by atoms with E-state index >= 15 is 0 Å². The number of ether oxygens (including phenoxy) is 2. The van der Waals surface area contributed by atoms with Crippen LogP contribution in [0.2, 0.25) is 0 Å². The molecule has 3 N–H and O–H groups in total. The number of hydrogen-bond acceptors (Lipinski definition) is 8. The average Bonchev–Trinajstić information content (AvgIpc) is 2.85. The Morgan fingerprint density at radius 2 is 2.00 bits per heavy atom. The molecule has 9 nitrogen and oxygen atoms in total. The highest BCUT2D eigenvalue weighted by molar-refractivity contribution is 5.96. The van der Waals surface area contributed by atoms with Gasteiger partial charge in [-0.25, -0.2) is 14.8 Å². The van der Waals surface area contributed by atoms with E-state index in [1.54, 1.807) is 12.3 Å². The van der Waals surface area contributed by atoms with Crippen molar-refractivity contribution in [1.29, 1.82) is 0 Å². The Labute approximate surface area is 191 Å². The van der Waals surface area contributed by atoms with Crippen molar-refractivity contribution in [1.82, 2.24) is 15.3 Å². The maximum atomic E-state index is 11.9. The van der Waals surface area contributed by atoms with Gasteiger partial charge in [0, 0.05) is 30.4 Å². The van der Waals surface area contributed by atoms with Gasteiger partial charge in [-0.05, 0) is 50.2 Å². The zero-order valence-electron chi connectivity index (χ0n) is 18.3. The zero-order chi connectivity index (χ0) is 22.6. The standard InChI is InChI=1S/C24H27N5O4/c30-23(31)19-14-17(4-5-20(19)29-10-12-32-13-11-29)27-24-26-15-16-2-1-3-21(22(16)28-24)33-18-6-8-25-9-7-18/h1-5,14-15,18,25H,6-13H2,(H,30,31)(H,26,27,28). The van der Waals surface area contributed by atoms with Gasteiger partial charge in [0.25, 0.3) is 0 Å². The first-order valence-corrected chi connectivity index (χ1v) is 11.3. The summed E-state index contributed by atoms with van der Waals surface area (Å²) in [7, 11) is 0. The molecule has 0 amide bonds. The lowest BCUT2D eigenvalue weighted by Gasteiger charge is -2.30. The van der Waals surface area contributed by atoms with E-state index in [1.807, 2.05) is 35.2 Å². The minimum atomic E-state index is -0.975. The second kappa shape index (κ2) is 9.60. The number of para-hydroxylation sites is 1. The van der Waals surface area contributed by atoms with Gasteiger partial charge < -0.3 is 30.1 Å². The van der Waals surface area contributed by atoms with Crippen molar-refractivity contribution in [3.8, 4) is 5.75 Å². The Hall–Kier alpha value is -3.43. The van der Waals surface area contributed by atoms with Crippen LogP contribution in [-0.4, -0.2) is 66.5 Å². The molecule has 0 radical (unpaired) electrons. The van der Waals surface area contributed by atoms with Crippen molar-refractivity contribution >= 4 is 34.2 Å². The van der Waals surface area contributed by atoms with Gasteiger partial charge in [-0.1, -0.05) is 12.1 Å². The molecular formula is C24H27N5O4. The molecular weight excluding hydrogens is 422 g/mol. The molecule has 1 aromatic heterocycles. The summed E-state index contributed by atoms with van der Waals surface area (Å²) in [5, 5.41) is 17.2. The van der Waals surface area contributed by atoms with Crippen LogP contribution in [0.1, 0.15) is 23.2 Å². The highest BCUT2D eigenvalue weighted by Gasteiger charge is 2.20. The number of carbonyl (C=O) groups is 1. The topological polar surface area (TPSA) is 109 Å². The zero-order valence-corrected chi connectivity index (χ0v) is 18.3. The summed E-state index contributed by atoms with van der Waals surface area (Å²) in [4.78, 5) is 23.1. The average molecular weight is 450 g/mol. The minimum absolute atomic E-state index is 0.161. The summed E-state index contributed by atoms with van der Waals surface area (Å²) in [5.41, 5.74) is 2.27. The molecule has 33 heavy (non-hydrogen) atoms. The highest BCUT2D eigenvalue weighted by atomic mass is 16.5. The summed E-state index contributed by atoms with van der Waals surface area (Å²) >= 11 is 0. The Morgan fingerprint density at radius 1 is 1.18 bits per heavy atom. The van der Waals surface area contributed by atoms with Gasteiger partial charge in [-0.3, -0.25) is 0 Å². The summed E-state index contributed by atoms with van der Waals surface area (Å²) in [6.07, 6.45) is 3.83. The first-order chi connectivity index (χ1) is 16.2. The smallest absolute Gasteiger partial charge is 0.337 e. The van der Waals surface area contributed by atoms with E-state index in [9.17, 15) is 9.90 Å². The van der Waals surface area contributed by atoms with Gasteiger partial charge in [0.15, 0.2) is 0 Å². The quantitative estimate of drug-likeness (QED) is 0.523. The van der Waals surface area contributed by atoms with Crippen LogP contribution in [0.15, 0.2) is 42.6 Å². The molecule has 0 aliphatic carbocycles. The third-order valence-electron chi connectivity index (χ3n) is 5.99. The Kier molecular flexibility index (Phi) is 6.23. The molecule has 0 atom stereocenters. The van der Waals surface area contributed by atoms with Crippen molar-refractivity contribution in [2.24, 2.45) is 0 Å².